The van der Waals surface area contributed by atoms with E-state index in [1.165, 1.54) is 16.7 Å². The summed E-state index contributed by atoms with van der Waals surface area (Å²) in [5.41, 5.74) is 7.94. The van der Waals surface area contributed by atoms with Crippen LogP contribution in [0.1, 0.15) is 33.5 Å². The maximum absolute atomic E-state index is 13.3. The van der Waals surface area contributed by atoms with E-state index in [1.807, 2.05) is 13.0 Å². The van der Waals surface area contributed by atoms with Gasteiger partial charge in [-0.15, -0.1) is 0 Å². The lowest BCUT2D eigenvalue weighted by Crippen LogP contribution is -2.26. The molecule has 0 atom stereocenters. The number of benzene rings is 2. The van der Waals surface area contributed by atoms with Crippen LogP contribution < -0.4 is 5.56 Å². The van der Waals surface area contributed by atoms with Crippen LogP contribution in [0.25, 0.3) is 16.6 Å². The molecule has 0 unspecified atom stereocenters. The lowest BCUT2D eigenvalue weighted by molar-refractivity contribution is 0.632. The normalized spacial score (nSPS) is 11.3. The Hall–Kier alpha value is -3.21. The molecule has 5 heteroatoms. The first-order valence-electron chi connectivity index (χ1n) is 9.44. The molecule has 2 aromatic heterocycles. The molecule has 0 aliphatic heterocycles. The standard InChI is InChI=1S/C23H24N4O/c1-14-6-7-16(3)19(10-14)13-26-23(28)22-21(18(5)25-26)12-24-27(22)20-9-8-15(2)17(4)11-20/h6-12H,13H2,1-5H3. The third kappa shape index (κ3) is 3.03. The zero-order valence-electron chi connectivity index (χ0n) is 16.9. The first-order chi connectivity index (χ1) is 13.3. The van der Waals surface area contributed by atoms with Crippen molar-refractivity contribution in [3.63, 3.8) is 0 Å². The number of aromatic nitrogens is 4. The van der Waals surface area contributed by atoms with Gasteiger partial charge in [0, 0.05) is 5.39 Å². The number of aryl methyl sites for hydroxylation is 5. The Morgan fingerprint density at radius 3 is 2.39 bits per heavy atom. The van der Waals surface area contributed by atoms with Gasteiger partial charge in [0.05, 0.1) is 24.1 Å². The molecule has 0 spiro atoms. The highest BCUT2D eigenvalue weighted by Gasteiger charge is 2.16. The molecule has 142 valence electrons. The van der Waals surface area contributed by atoms with E-state index in [0.717, 1.165) is 27.9 Å². The van der Waals surface area contributed by atoms with E-state index in [9.17, 15) is 4.79 Å². The Kier molecular flexibility index (Phi) is 4.38. The fraction of sp³-hybridized carbons (Fsp3) is 0.261. The SMILES string of the molecule is Cc1ccc(C)c(Cn2nc(C)c3cnn(-c4ccc(C)c(C)c4)c3c2=O)c1. The minimum Gasteiger partial charge on any atom is -0.265 e. The molecule has 0 fully saturated rings. The van der Waals surface area contributed by atoms with Gasteiger partial charge in [-0.05, 0) is 69.0 Å². The van der Waals surface area contributed by atoms with Crippen LogP contribution in [0.5, 0.6) is 0 Å². The second-order valence-corrected chi connectivity index (χ2v) is 7.57. The molecule has 0 aliphatic carbocycles. The second kappa shape index (κ2) is 6.75. The predicted octanol–water partition coefficient (Wildman–Crippen LogP) is 4.17. The van der Waals surface area contributed by atoms with Crippen molar-refractivity contribution in [3.8, 4) is 5.69 Å². The molecule has 0 amide bonds. The summed E-state index contributed by atoms with van der Waals surface area (Å²) < 4.78 is 3.29. The number of hydrogen-bond donors (Lipinski definition) is 0. The molecule has 0 aliphatic rings. The van der Waals surface area contributed by atoms with Crippen LogP contribution in [0.15, 0.2) is 47.4 Å². The third-order valence-corrected chi connectivity index (χ3v) is 5.43. The van der Waals surface area contributed by atoms with Gasteiger partial charge in [-0.25, -0.2) is 9.36 Å². The average Bonchev–Trinajstić information content (AvgIpc) is 3.10. The minimum atomic E-state index is -0.128. The van der Waals surface area contributed by atoms with Crippen molar-refractivity contribution in [2.45, 2.75) is 41.2 Å². The van der Waals surface area contributed by atoms with Crippen LogP contribution in [0, 0.1) is 34.6 Å². The predicted molar refractivity (Wildman–Crippen MR) is 112 cm³/mol. The van der Waals surface area contributed by atoms with Gasteiger partial charge in [0.15, 0.2) is 0 Å². The van der Waals surface area contributed by atoms with E-state index in [4.69, 9.17) is 0 Å². The Morgan fingerprint density at radius 1 is 0.893 bits per heavy atom. The first kappa shape index (κ1) is 18.2. The minimum absolute atomic E-state index is 0.128. The van der Waals surface area contributed by atoms with Gasteiger partial charge < -0.3 is 0 Å². The molecule has 0 saturated carbocycles. The summed E-state index contributed by atoms with van der Waals surface area (Å²) >= 11 is 0. The summed E-state index contributed by atoms with van der Waals surface area (Å²) in [6, 6.07) is 12.4. The van der Waals surface area contributed by atoms with Gasteiger partial charge in [-0.1, -0.05) is 29.8 Å². The monoisotopic (exact) mass is 372 g/mol. The van der Waals surface area contributed by atoms with Crippen molar-refractivity contribution in [2.24, 2.45) is 0 Å². The van der Waals surface area contributed by atoms with E-state index < -0.39 is 0 Å². The van der Waals surface area contributed by atoms with Crippen LogP contribution in [-0.2, 0) is 6.54 Å². The highest BCUT2D eigenvalue weighted by atomic mass is 16.1. The van der Waals surface area contributed by atoms with Crippen molar-refractivity contribution < 1.29 is 0 Å². The van der Waals surface area contributed by atoms with Crippen LogP contribution in [-0.4, -0.2) is 19.6 Å². The zero-order valence-corrected chi connectivity index (χ0v) is 16.9. The largest absolute Gasteiger partial charge is 0.293 e. The van der Waals surface area contributed by atoms with E-state index in [-0.39, 0.29) is 5.56 Å². The summed E-state index contributed by atoms with van der Waals surface area (Å²) in [4.78, 5) is 13.3. The Balaban J connectivity index is 1.90. The van der Waals surface area contributed by atoms with Gasteiger partial charge >= 0.3 is 0 Å². The number of fused-ring (bicyclic) bond motifs is 1. The van der Waals surface area contributed by atoms with Crippen molar-refractivity contribution >= 4 is 10.9 Å². The summed E-state index contributed by atoms with van der Waals surface area (Å²) in [6.07, 6.45) is 1.73. The molecular weight excluding hydrogens is 348 g/mol. The van der Waals surface area contributed by atoms with Crippen LogP contribution >= 0.6 is 0 Å². The third-order valence-electron chi connectivity index (χ3n) is 5.43. The maximum atomic E-state index is 13.3. The van der Waals surface area contributed by atoms with E-state index in [1.54, 1.807) is 15.6 Å². The molecule has 0 bridgehead atoms. The zero-order chi connectivity index (χ0) is 20.0. The highest BCUT2D eigenvalue weighted by molar-refractivity contribution is 5.81. The number of nitrogens with zero attached hydrogens (tertiary/aromatic N) is 4. The summed E-state index contributed by atoms with van der Waals surface area (Å²) in [5, 5.41) is 9.85. The lowest BCUT2D eigenvalue weighted by Gasteiger charge is -2.11. The van der Waals surface area contributed by atoms with Gasteiger partial charge in [-0.3, -0.25) is 4.79 Å². The second-order valence-electron chi connectivity index (χ2n) is 7.57. The maximum Gasteiger partial charge on any atom is 0.293 e. The van der Waals surface area contributed by atoms with Crippen molar-refractivity contribution in [1.29, 1.82) is 0 Å². The molecule has 0 saturated heterocycles. The summed E-state index contributed by atoms with van der Waals surface area (Å²) in [7, 11) is 0. The average molecular weight is 372 g/mol. The molecule has 2 aromatic carbocycles. The van der Waals surface area contributed by atoms with Gasteiger partial charge in [0.2, 0.25) is 0 Å². The summed E-state index contributed by atoms with van der Waals surface area (Å²) in [5.74, 6) is 0. The molecule has 0 N–H and O–H groups in total. The number of rotatable bonds is 3. The Morgan fingerprint density at radius 2 is 1.64 bits per heavy atom. The van der Waals surface area contributed by atoms with Crippen molar-refractivity contribution in [3.05, 3.63) is 86.5 Å². The molecule has 0 radical (unpaired) electrons. The van der Waals surface area contributed by atoms with E-state index in [0.29, 0.717) is 12.1 Å². The molecule has 4 rings (SSSR count). The topological polar surface area (TPSA) is 52.7 Å². The van der Waals surface area contributed by atoms with Crippen LogP contribution in [0.2, 0.25) is 0 Å². The lowest BCUT2D eigenvalue weighted by atomic mass is 10.1. The Labute approximate surface area is 164 Å². The summed E-state index contributed by atoms with van der Waals surface area (Å²) in [6.45, 7) is 10.6. The first-order valence-corrected chi connectivity index (χ1v) is 9.44. The molecule has 28 heavy (non-hydrogen) atoms. The number of hydrogen-bond acceptors (Lipinski definition) is 3. The van der Waals surface area contributed by atoms with E-state index >= 15 is 0 Å². The van der Waals surface area contributed by atoms with Crippen molar-refractivity contribution in [2.75, 3.05) is 0 Å². The quantitative estimate of drug-likeness (QED) is 0.542. The van der Waals surface area contributed by atoms with Gasteiger partial charge in [0.1, 0.15) is 5.52 Å². The fourth-order valence-electron chi connectivity index (χ4n) is 3.51. The van der Waals surface area contributed by atoms with E-state index in [2.05, 4.69) is 68.2 Å². The van der Waals surface area contributed by atoms with Crippen LogP contribution in [0.3, 0.4) is 0 Å². The van der Waals surface area contributed by atoms with Crippen LogP contribution in [0.4, 0.5) is 0 Å². The smallest absolute Gasteiger partial charge is 0.265 e. The van der Waals surface area contributed by atoms with Crippen molar-refractivity contribution in [1.82, 2.24) is 19.6 Å². The van der Waals surface area contributed by atoms with Gasteiger partial charge in [-0.2, -0.15) is 10.2 Å². The molecular formula is C23H24N4O. The van der Waals surface area contributed by atoms with Gasteiger partial charge in [0.25, 0.3) is 5.56 Å². The molecule has 4 aromatic rings. The fourth-order valence-corrected chi connectivity index (χ4v) is 3.51. The Bertz CT molecular complexity index is 1260. The molecule has 2 heterocycles. The molecule has 5 nitrogen and oxygen atoms in total. The highest BCUT2D eigenvalue weighted by Crippen LogP contribution is 2.20.